The second kappa shape index (κ2) is 39.3. The third-order valence-electron chi connectivity index (χ3n) is 9.28. The largest absolute Gasteiger partial charge is 0.498 e. The van der Waals surface area contributed by atoms with Crippen LogP contribution in [-0.2, 0) is 27.9 Å². The van der Waals surface area contributed by atoms with Crippen LogP contribution in [0.5, 0.6) is 0 Å². The molecule has 0 rings (SSSR count). The molecular weight excluding hydrogens is 649 g/mol. The van der Waals surface area contributed by atoms with E-state index in [9.17, 15) is 14.3 Å². The lowest BCUT2D eigenvalue weighted by Gasteiger charge is -2.19. The molecule has 0 saturated heterocycles. The Morgan fingerprint density at radius 2 is 1.00 bits per heavy atom. The molecule has 0 aromatic heterocycles. The molecule has 1 unspecified atom stereocenters. The number of phosphoric ester groups is 1. The summed E-state index contributed by atoms with van der Waals surface area (Å²) in [5.74, 6) is -0.348. The highest BCUT2D eigenvalue weighted by molar-refractivity contribution is 7.47. The first-order valence-electron chi connectivity index (χ1n) is 21.2. The van der Waals surface area contributed by atoms with Crippen molar-refractivity contribution in [1.29, 1.82) is 0 Å². The van der Waals surface area contributed by atoms with Gasteiger partial charge < -0.3 is 20.1 Å². The van der Waals surface area contributed by atoms with Crippen molar-refractivity contribution in [2.45, 2.75) is 219 Å². The monoisotopic (exact) mass is 732 g/mol. The van der Waals surface area contributed by atoms with Crippen LogP contribution in [0, 0.1) is 0 Å². The number of hydrogen-bond acceptors (Lipinski definition) is 7. The standard InChI is InChI=1S/C41H82NO7P/c1-3-5-7-9-11-13-15-17-19-21-23-25-27-29-31-33-36-46-38-40(39-48-50(44,45)47-37-35-42)49-41(43)34-32-30-28-26-24-22-20-18-16-14-12-10-8-6-4-2/h33,36,40H,3-32,34-35,37-39,42H2,1-2H3,(H,44,45)/b36-33+/t40-/m1/s1. The minimum absolute atomic E-state index is 0.0384. The molecule has 50 heavy (non-hydrogen) atoms. The highest BCUT2D eigenvalue weighted by atomic mass is 31.2. The van der Waals surface area contributed by atoms with E-state index in [4.69, 9.17) is 24.3 Å². The Hall–Kier alpha value is -0.920. The number of nitrogens with two attached hydrogens (primary N) is 1. The van der Waals surface area contributed by atoms with Crippen LogP contribution in [0.15, 0.2) is 12.3 Å². The van der Waals surface area contributed by atoms with Crippen molar-refractivity contribution < 1.29 is 32.8 Å². The van der Waals surface area contributed by atoms with E-state index in [1.54, 1.807) is 6.26 Å². The molecule has 0 bridgehead atoms. The summed E-state index contributed by atoms with van der Waals surface area (Å²) in [4.78, 5) is 22.4. The zero-order chi connectivity index (χ0) is 36.6. The van der Waals surface area contributed by atoms with Crippen LogP contribution in [0.25, 0.3) is 0 Å². The van der Waals surface area contributed by atoms with E-state index < -0.39 is 13.9 Å². The summed E-state index contributed by atoms with van der Waals surface area (Å²) in [5, 5.41) is 0. The van der Waals surface area contributed by atoms with Gasteiger partial charge in [-0.25, -0.2) is 4.57 Å². The number of carbonyl (C=O) groups is 1. The van der Waals surface area contributed by atoms with Gasteiger partial charge in [-0.2, -0.15) is 0 Å². The Bertz CT molecular complexity index is 782. The molecule has 3 N–H and O–H groups in total. The molecule has 0 aliphatic heterocycles. The van der Waals surface area contributed by atoms with Crippen LogP contribution in [0.2, 0.25) is 0 Å². The first-order valence-corrected chi connectivity index (χ1v) is 22.7. The van der Waals surface area contributed by atoms with Gasteiger partial charge in [-0.1, -0.05) is 187 Å². The van der Waals surface area contributed by atoms with Crippen molar-refractivity contribution in [2.75, 3.05) is 26.4 Å². The van der Waals surface area contributed by atoms with Gasteiger partial charge in [-0.3, -0.25) is 13.8 Å². The molecule has 298 valence electrons. The van der Waals surface area contributed by atoms with Crippen LogP contribution in [0.1, 0.15) is 213 Å². The van der Waals surface area contributed by atoms with Crippen molar-refractivity contribution in [3.63, 3.8) is 0 Å². The molecule has 0 saturated carbocycles. The first kappa shape index (κ1) is 49.1. The smallest absolute Gasteiger partial charge is 0.472 e. The van der Waals surface area contributed by atoms with E-state index in [1.165, 1.54) is 161 Å². The molecule has 2 atom stereocenters. The quantitative estimate of drug-likeness (QED) is 0.0276. The summed E-state index contributed by atoms with van der Waals surface area (Å²) in [5.41, 5.74) is 5.36. The number of esters is 1. The number of rotatable bonds is 41. The van der Waals surface area contributed by atoms with Crippen LogP contribution in [-0.4, -0.2) is 43.3 Å². The summed E-state index contributed by atoms with van der Waals surface area (Å²) in [6.45, 7) is 4.27. The normalized spacial score (nSPS) is 13.5. The molecular formula is C41H82NO7P. The van der Waals surface area contributed by atoms with Gasteiger partial charge in [-0.15, -0.1) is 0 Å². The van der Waals surface area contributed by atoms with Crippen LogP contribution in [0.4, 0.5) is 0 Å². The molecule has 0 radical (unpaired) electrons. The minimum atomic E-state index is -4.28. The Morgan fingerprint density at radius 1 is 0.600 bits per heavy atom. The summed E-state index contributed by atoms with van der Waals surface area (Å²) in [7, 11) is -4.28. The third-order valence-corrected chi connectivity index (χ3v) is 10.3. The van der Waals surface area contributed by atoms with Gasteiger partial charge in [0.05, 0.1) is 19.5 Å². The number of carbonyl (C=O) groups excluding carboxylic acids is 1. The van der Waals surface area contributed by atoms with Gasteiger partial charge in [0.1, 0.15) is 6.61 Å². The maximum atomic E-state index is 12.5. The SMILES string of the molecule is CCCCCCCCCCCCCCCC/C=C/OC[C@H](COP(=O)(O)OCCN)OC(=O)CCCCCCCCCCCCCCCCC. The maximum absolute atomic E-state index is 12.5. The Morgan fingerprint density at radius 3 is 1.42 bits per heavy atom. The second-order valence-corrected chi connectivity index (χ2v) is 15.7. The number of hydrogen-bond donors (Lipinski definition) is 2. The van der Waals surface area contributed by atoms with E-state index in [0.29, 0.717) is 6.42 Å². The van der Waals surface area contributed by atoms with Crippen LogP contribution >= 0.6 is 7.82 Å². The van der Waals surface area contributed by atoms with Crippen molar-refractivity contribution in [1.82, 2.24) is 0 Å². The zero-order valence-corrected chi connectivity index (χ0v) is 33.8. The highest BCUT2D eigenvalue weighted by Gasteiger charge is 2.25. The molecule has 0 aliphatic carbocycles. The Balaban J connectivity index is 4.05. The van der Waals surface area contributed by atoms with Gasteiger partial charge in [-0.05, 0) is 25.3 Å². The average Bonchev–Trinajstić information content (AvgIpc) is 3.10. The molecule has 0 aromatic rings. The van der Waals surface area contributed by atoms with E-state index >= 15 is 0 Å². The molecule has 0 aromatic carbocycles. The summed E-state index contributed by atoms with van der Waals surface area (Å²) in [6.07, 6.45) is 41.7. The molecule has 9 heteroatoms. The molecule has 0 amide bonds. The van der Waals surface area contributed by atoms with E-state index in [1.807, 2.05) is 6.08 Å². The number of ether oxygens (including phenoxy) is 2. The lowest BCUT2D eigenvalue weighted by Crippen LogP contribution is -2.27. The van der Waals surface area contributed by atoms with Crippen molar-refractivity contribution in [3.05, 3.63) is 12.3 Å². The van der Waals surface area contributed by atoms with Crippen molar-refractivity contribution in [3.8, 4) is 0 Å². The number of allylic oxidation sites excluding steroid dienone is 1. The third kappa shape index (κ3) is 38.3. The summed E-state index contributed by atoms with van der Waals surface area (Å²) < 4.78 is 33.2. The molecule has 0 fully saturated rings. The van der Waals surface area contributed by atoms with Crippen molar-refractivity contribution in [2.24, 2.45) is 5.73 Å². The molecule has 0 spiro atoms. The zero-order valence-electron chi connectivity index (χ0n) is 32.9. The fourth-order valence-corrected chi connectivity index (χ4v) is 6.91. The van der Waals surface area contributed by atoms with Gasteiger partial charge in [0, 0.05) is 13.0 Å². The maximum Gasteiger partial charge on any atom is 0.472 e. The van der Waals surface area contributed by atoms with Crippen LogP contribution < -0.4 is 5.73 Å². The predicted molar refractivity (Wildman–Crippen MR) is 210 cm³/mol. The topological polar surface area (TPSA) is 117 Å². The van der Waals surface area contributed by atoms with E-state index in [0.717, 1.165) is 32.1 Å². The van der Waals surface area contributed by atoms with Crippen LogP contribution in [0.3, 0.4) is 0 Å². The number of phosphoric acid groups is 1. The van der Waals surface area contributed by atoms with Crippen molar-refractivity contribution >= 4 is 13.8 Å². The van der Waals surface area contributed by atoms with E-state index in [2.05, 4.69) is 13.8 Å². The Labute approximate surface area is 309 Å². The Kier molecular flexibility index (Phi) is 38.6. The first-order chi connectivity index (χ1) is 24.4. The predicted octanol–water partition coefficient (Wildman–Crippen LogP) is 12.7. The average molecular weight is 732 g/mol. The van der Waals surface area contributed by atoms with Gasteiger partial charge in [0.2, 0.25) is 0 Å². The highest BCUT2D eigenvalue weighted by Crippen LogP contribution is 2.43. The summed E-state index contributed by atoms with van der Waals surface area (Å²) >= 11 is 0. The van der Waals surface area contributed by atoms with Gasteiger partial charge in [0.15, 0.2) is 6.10 Å². The lowest BCUT2D eigenvalue weighted by atomic mass is 10.0. The van der Waals surface area contributed by atoms with E-state index in [-0.39, 0.29) is 32.3 Å². The fourth-order valence-electron chi connectivity index (χ4n) is 6.14. The molecule has 0 heterocycles. The van der Waals surface area contributed by atoms with Gasteiger partial charge in [0.25, 0.3) is 0 Å². The molecule has 8 nitrogen and oxygen atoms in total. The minimum Gasteiger partial charge on any atom is -0.498 e. The van der Waals surface area contributed by atoms with Gasteiger partial charge >= 0.3 is 13.8 Å². The lowest BCUT2D eigenvalue weighted by molar-refractivity contribution is -0.153. The molecule has 0 aliphatic rings. The summed E-state index contributed by atoms with van der Waals surface area (Å²) in [6, 6.07) is 0. The fraction of sp³-hybridized carbons (Fsp3) is 0.927. The second-order valence-electron chi connectivity index (χ2n) is 14.3. The number of unbranched alkanes of at least 4 members (excludes halogenated alkanes) is 28.